The fourth-order valence-corrected chi connectivity index (χ4v) is 3.45. The van der Waals surface area contributed by atoms with Crippen LogP contribution in [0.25, 0.3) is 0 Å². The number of benzene rings is 1. The molecule has 0 aromatic heterocycles. The molecule has 0 radical (unpaired) electrons. The van der Waals surface area contributed by atoms with Crippen molar-refractivity contribution in [2.24, 2.45) is 0 Å². The van der Waals surface area contributed by atoms with E-state index in [4.69, 9.17) is 25.8 Å². The molecule has 0 aliphatic carbocycles. The van der Waals surface area contributed by atoms with Gasteiger partial charge in [-0.1, -0.05) is 24.9 Å². The van der Waals surface area contributed by atoms with E-state index >= 15 is 0 Å². The van der Waals surface area contributed by atoms with E-state index in [1.807, 2.05) is 13.8 Å². The lowest BCUT2D eigenvalue weighted by Crippen LogP contribution is -2.46. The second-order valence-electron chi connectivity index (χ2n) is 6.95. The van der Waals surface area contributed by atoms with Crippen LogP contribution in [-0.2, 0) is 9.53 Å². The van der Waals surface area contributed by atoms with Crippen LogP contribution in [0, 0.1) is 0 Å². The standard InChI is InChI=1S/C21H29ClN2O5/c1-6-8-9-15-17(20(25)29-12(3)4)18(24-21(26)23-15)13-10-14(22)19(27-5)16(11-13)28-7-2/h10-12,18H,6-9H2,1-5H3,(H2,23,24,26). The highest BCUT2D eigenvalue weighted by Crippen LogP contribution is 2.40. The van der Waals surface area contributed by atoms with Gasteiger partial charge in [-0.2, -0.15) is 0 Å². The van der Waals surface area contributed by atoms with Crippen molar-refractivity contribution in [2.75, 3.05) is 13.7 Å². The maximum absolute atomic E-state index is 12.9. The normalized spacial score (nSPS) is 16.4. The summed E-state index contributed by atoms with van der Waals surface area (Å²) in [7, 11) is 1.50. The third kappa shape index (κ3) is 5.56. The van der Waals surface area contributed by atoms with Gasteiger partial charge < -0.3 is 24.8 Å². The Kier molecular flexibility index (Phi) is 8.20. The minimum absolute atomic E-state index is 0.292. The molecule has 1 atom stereocenters. The van der Waals surface area contributed by atoms with Gasteiger partial charge in [0.05, 0.1) is 36.5 Å². The first-order chi connectivity index (χ1) is 13.8. The number of halogens is 1. The van der Waals surface area contributed by atoms with E-state index in [-0.39, 0.29) is 12.1 Å². The number of hydrogen-bond acceptors (Lipinski definition) is 5. The molecule has 1 aliphatic rings. The molecular weight excluding hydrogens is 396 g/mol. The molecule has 1 heterocycles. The summed E-state index contributed by atoms with van der Waals surface area (Å²) in [5.41, 5.74) is 1.55. The molecule has 8 heteroatoms. The fourth-order valence-electron chi connectivity index (χ4n) is 3.15. The average molecular weight is 425 g/mol. The van der Waals surface area contributed by atoms with Crippen molar-refractivity contribution < 1.29 is 23.8 Å². The van der Waals surface area contributed by atoms with E-state index in [9.17, 15) is 9.59 Å². The van der Waals surface area contributed by atoms with Crippen molar-refractivity contribution in [2.45, 2.75) is 59.1 Å². The van der Waals surface area contributed by atoms with Gasteiger partial charge >= 0.3 is 12.0 Å². The van der Waals surface area contributed by atoms with Crippen molar-refractivity contribution in [3.05, 3.63) is 34.0 Å². The highest BCUT2D eigenvalue weighted by Gasteiger charge is 2.34. The quantitative estimate of drug-likeness (QED) is 0.570. The zero-order valence-corrected chi connectivity index (χ0v) is 18.3. The summed E-state index contributed by atoms with van der Waals surface area (Å²) in [6.45, 7) is 7.87. The second kappa shape index (κ2) is 10.4. The molecule has 1 aromatic carbocycles. The van der Waals surface area contributed by atoms with Gasteiger partial charge in [0, 0.05) is 5.70 Å². The predicted molar refractivity (Wildman–Crippen MR) is 111 cm³/mol. The van der Waals surface area contributed by atoms with Crippen LogP contribution in [-0.4, -0.2) is 31.8 Å². The fraction of sp³-hybridized carbons (Fsp3) is 0.524. The van der Waals surface area contributed by atoms with Crippen LogP contribution in [0.2, 0.25) is 5.02 Å². The van der Waals surface area contributed by atoms with E-state index in [1.54, 1.807) is 26.0 Å². The SMILES string of the molecule is CCCCC1=C(C(=O)OC(C)C)C(c2cc(Cl)c(OC)c(OCC)c2)NC(=O)N1. The van der Waals surface area contributed by atoms with Gasteiger partial charge in [-0.05, 0) is 51.3 Å². The summed E-state index contributed by atoms with van der Waals surface area (Å²) in [4.78, 5) is 25.3. The van der Waals surface area contributed by atoms with Gasteiger partial charge in [0.1, 0.15) is 0 Å². The molecule has 7 nitrogen and oxygen atoms in total. The van der Waals surface area contributed by atoms with Crippen LogP contribution in [0.5, 0.6) is 11.5 Å². The van der Waals surface area contributed by atoms with Crippen LogP contribution in [0.3, 0.4) is 0 Å². The van der Waals surface area contributed by atoms with Crippen LogP contribution in [0.1, 0.15) is 58.6 Å². The number of urea groups is 1. The average Bonchev–Trinajstić information content (AvgIpc) is 2.65. The molecule has 0 saturated heterocycles. The first-order valence-corrected chi connectivity index (χ1v) is 10.2. The summed E-state index contributed by atoms with van der Waals surface area (Å²) in [6.07, 6.45) is 2.02. The molecule has 0 spiro atoms. The number of methoxy groups -OCH3 is 1. The molecule has 1 unspecified atom stereocenters. The van der Waals surface area contributed by atoms with Gasteiger partial charge in [0.15, 0.2) is 11.5 Å². The summed E-state index contributed by atoms with van der Waals surface area (Å²) in [5.74, 6) is 0.365. The number of rotatable bonds is 9. The van der Waals surface area contributed by atoms with Gasteiger partial charge in [-0.3, -0.25) is 0 Å². The highest BCUT2D eigenvalue weighted by molar-refractivity contribution is 6.32. The minimum atomic E-state index is -0.718. The number of allylic oxidation sites excluding steroid dienone is 1. The zero-order valence-electron chi connectivity index (χ0n) is 17.6. The Morgan fingerprint density at radius 3 is 2.59 bits per heavy atom. The Balaban J connectivity index is 2.59. The van der Waals surface area contributed by atoms with E-state index in [1.165, 1.54) is 7.11 Å². The van der Waals surface area contributed by atoms with Crippen LogP contribution < -0.4 is 20.1 Å². The maximum Gasteiger partial charge on any atom is 0.338 e. The molecule has 29 heavy (non-hydrogen) atoms. The topological polar surface area (TPSA) is 85.9 Å². The predicted octanol–water partition coefficient (Wildman–Crippen LogP) is 4.50. The van der Waals surface area contributed by atoms with Crippen molar-refractivity contribution in [1.29, 1.82) is 0 Å². The molecule has 2 amide bonds. The Bertz CT molecular complexity index is 792. The van der Waals surface area contributed by atoms with Crippen molar-refractivity contribution in [3.8, 4) is 11.5 Å². The Labute approximate surface area is 176 Å². The monoisotopic (exact) mass is 424 g/mol. The molecule has 2 N–H and O–H groups in total. The summed E-state index contributed by atoms with van der Waals surface area (Å²) in [5, 5.41) is 5.91. The third-order valence-electron chi connectivity index (χ3n) is 4.37. The number of unbranched alkanes of at least 4 members (excludes halogenated alkanes) is 1. The number of nitrogens with one attached hydrogen (secondary N) is 2. The first kappa shape index (κ1) is 22.9. The molecule has 1 aliphatic heterocycles. The lowest BCUT2D eigenvalue weighted by molar-refractivity contribution is -0.143. The molecule has 160 valence electrons. The summed E-state index contributed by atoms with van der Waals surface area (Å²) in [6, 6.07) is 2.29. The first-order valence-electron chi connectivity index (χ1n) is 9.84. The number of carbonyl (C=O) groups excluding carboxylic acids is 2. The number of carbonyl (C=O) groups is 2. The van der Waals surface area contributed by atoms with Gasteiger partial charge in [0.2, 0.25) is 0 Å². The molecule has 1 aromatic rings. The van der Waals surface area contributed by atoms with Gasteiger partial charge in [-0.15, -0.1) is 0 Å². The summed E-state index contributed by atoms with van der Waals surface area (Å²) < 4.78 is 16.4. The van der Waals surface area contributed by atoms with Gasteiger partial charge in [-0.25, -0.2) is 9.59 Å². The maximum atomic E-state index is 12.9. The smallest absolute Gasteiger partial charge is 0.338 e. The molecule has 0 saturated carbocycles. The highest BCUT2D eigenvalue weighted by atomic mass is 35.5. The van der Waals surface area contributed by atoms with Crippen molar-refractivity contribution in [1.82, 2.24) is 10.6 Å². The third-order valence-corrected chi connectivity index (χ3v) is 4.65. The van der Waals surface area contributed by atoms with E-state index in [0.29, 0.717) is 46.4 Å². The number of hydrogen-bond donors (Lipinski definition) is 2. The van der Waals surface area contributed by atoms with Crippen LogP contribution >= 0.6 is 11.6 Å². The molecule has 0 bridgehead atoms. The Morgan fingerprint density at radius 1 is 1.28 bits per heavy atom. The number of ether oxygens (including phenoxy) is 3. The second-order valence-corrected chi connectivity index (χ2v) is 7.36. The number of esters is 1. The Hall–Kier alpha value is -2.41. The van der Waals surface area contributed by atoms with Crippen LogP contribution in [0.4, 0.5) is 4.79 Å². The lowest BCUT2D eigenvalue weighted by Gasteiger charge is -2.30. The Morgan fingerprint density at radius 2 is 2.00 bits per heavy atom. The van der Waals surface area contributed by atoms with Crippen molar-refractivity contribution in [3.63, 3.8) is 0 Å². The largest absolute Gasteiger partial charge is 0.491 e. The van der Waals surface area contributed by atoms with Crippen molar-refractivity contribution >= 4 is 23.6 Å². The summed E-state index contributed by atoms with van der Waals surface area (Å²) >= 11 is 6.39. The van der Waals surface area contributed by atoms with E-state index in [2.05, 4.69) is 10.6 Å². The van der Waals surface area contributed by atoms with E-state index < -0.39 is 12.0 Å². The molecule has 2 rings (SSSR count). The lowest BCUT2D eigenvalue weighted by atomic mass is 9.93. The zero-order chi connectivity index (χ0) is 21.6. The van der Waals surface area contributed by atoms with Crippen LogP contribution in [0.15, 0.2) is 23.4 Å². The van der Waals surface area contributed by atoms with E-state index in [0.717, 1.165) is 12.8 Å². The number of amides is 2. The molecular formula is C21H29ClN2O5. The molecule has 0 fully saturated rings. The minimum Gasteiger partial charge on any atom is -0.491 e. The van der Waals surface area contributed by atoms with Gasteiger partial charge in [0.25, 0.3) is 0 Å².